The monoisotopic (exact) mass is 248 g/mol. The zero-order valence-corrected chi connectivity index (χ0v) is 9.39. The van der Waals surface area contributed by atoms with E-state index < -0.39 is 16.9 Å². The second-order valence-corrected chi connectivity index (χ2v) is 3.46. The van der Waals surface area contributed by atoms with Crippen LogP contribution in [0.5, 0.6) is 0 Å². The summed E-state index contributed by atoms with van der Waals surface area (Å²) < 4.78 is 0. The Kier molecular flexibility index (Phi) is 4.77. The average Bonchev–Trinajstić information content (AvgIpc) is 2.34. The van der Waals surface area contributed by atoms with Crippen molar-refractivity contribution in [3.63, 3.8) is 0 Å². The highest BCUT2D eigenvalue weighted by molar-refractivity contribution is 5.75. The number of nitro benzene ring substituents is 1. The minimum Gasteiger partial charge on any atom is -0.480 e. The topological polar surface area (TPSA) is 106 Å². The van der Waals surface area contributed by atoms with Crippen LogP contribution in [0.25, 0.3) is 6.08 Å². The Labute approximate surface area is 103 Å². The molecule has 6 nitrogen and oxygen atoms in total. The number of hydrogen-bond acceptors (Lipinski definition) is 4. The normalized spacial score (nSPS) is 12.9. The van der Waals surface area contributed by atoms with Crippen LogP contribution in [0.1, 0.15) is 5.56 Å². The van der Waals surface area contributed by atoms with Crippen molar-refractivity contribution in [2.24, 2.45) is 5.73 Å². The summed E-state index contributed by atoms with van der Waals surface area (Å²) in [5.74, 6) is -1.10. The standard InChI is InChI=1S/C12H12N2O4/c13-11(12(15)16)4-2-1-3-9-5-7-10(8-6-9)14(17)18/h1-8,11H,13H2,(H,15,16)/b3-1+,4-2+/t11-/m1/s1. The second-order valence-electron chi connectivity index (χ2n) is 3.46. The van der Waals surface area contributed by atoms with Gasteiger partial charge in [0.15, 0.2) is 0 Å². The first-order valence-electron chi connectivity index (χ1n) is 5.08. The summed E-state index contributed by atoms with van der Waals surface area (Å²) in [6.07, 6.45) is 6.16. The molecule has 1 atom stereocenters. The third kappa shape index (κ3) is 4.18. The number of aliphatic carboxylic acids is 1. The van der Waals surface area contributed by atoms with Gasteiger partial charge in [-0.3, -0.25) is 14.9 Å². The number of carbonyl (C=O) groups is 1. The third-order valence-corrected chi connectivity index (χ3v) is 2.11. The molecule has 0 aromatic heterocycles. The molecule has 0 saturated carbocycles. The van der Waals surface area contributed by atoms with Gasteiger partial charge in [-0.1, -0.05) is 24.3 Å². The van der Waals surface area contributed by atoms with Crippen molar-refractivity contribution in [2.75, 3.05) is 0 Å². The minimum absolute atomic E-state index is 0.0237. The Hall–Kier alpha value is -2.47. The first-order valence-corrected chi connectivity index (χ1v) is 5.08. The van der Waals surface area contributed by atoms with Crippen molar-refractivity contribution in [1.82, 2.24) is 0 Å². The van der Waals surface area contributed by atoms with Gasteiger partial charge in [0, 0.05) is 12.1 Å². The number of allylic oxidation sites excluding steroid dienone is 2. The maximum absolute atomic E-state index is 10.4. The van der Waals surface area contributed by atoms with Crippen LogP contribution in [0, 0.1) is 10.1 Å². The van der Waals surface area contributed by atoms with Gasteiger partial charge in [-0.25, -0.2) is 0 Å². The van der Waals surface area contributed by atoms with E-state index in [1.165, 1.54) is 24.3 Å². The molecule has 0 unspecified atom stereocenters. The molecule has 0 bridgehead atoms. The molecule has 1 aromatic carbocycles. The molecule has 0 aliphatic heterocycles. The largest absolute Gasteiger partial charge is 0.480 e. The van der Waals surface area contributed by atoms with Gasteiger partial charge in [-0.2, -0.15) is 0 Å². The maximum atomic E-state index is 10.4. The fourth-order valence-corrected chi connectivity index (χ4v) is 1.14. The van der Waals surface area contributed by atoms with Crippen LogP contribution in [0.4, 0.5) is 5.69 Å². The van der Waals surface area contributed by atoms with Gasteiger partial charge < -0.3 is 10.8 Å². The van der Waals surface area contributed by atoms with E-state index in [2.05, 4.69) is 0 Å². The lowest BCUT2D eigenvalue weighted by atomic mass is 10.2. The number of carboxylic acids is 1. The smallest absolute Gasteiger partial charge is 0.324 e. The van der Waals surface area contributed by atoms with E-state index in [9.17, 15) is 14.9 Å². The van der Waals surface area contributed by atoms with E-state index in [-0.39, 0.29) is 5.69 Å². The summed E-state index contributed by atoms with van der Waals surface area (Å²) in [7, 11) is 0. The summed E-state index contributed by atoms with van der Waals surface area (Å²) in [6, 6.07) is 4.95. The van der Waals surface area contributed by atoms with Crippen LogP contribution in [0.3, 0.4) is 0 Å². The predicted octanol–water partition coefficient (Wildman–Crippen LogP) is 1.58. The molecule has 0 aliphatic carbocycles. The molecule has 0 saturated heterocycles. The van der Waals surface area contributed by atoms with Crippen molar-refractivity contribution in [1.29, 1.82) is 0 Å². The van der Waals surface area contributed by atoms with Crippen LogP contribution >= 0.6 is 0 Å². The Balaban J connectivity index is 2.62. The highest BCUT2D eigenvalue weighted by atomic mass is 16.6. The van der Waals surface area contributed by atoms with Crippen molar-refractivity contribution < 1.29 is 14.8 Å². The van der Waals surface area contributed by atoms with Gasteiger partial charge in [0.25, 0.3) is 5.69 Å². The molecule has 0 amide bonds. The van der Waals surface area contributed by atoms with E-state index in [1.807, 2.05) is 0 Å². The molecule has 0 heterocycles. The Morgan fingerprint density at radius 3 is 2.44 bits per heavy atom. The van der Waals surface area contributed by atoms with Gasteiger partial charge in [-0.05, 0) is 17.7 Å². The molecule has 0 radical (unpaired) electrons. The fourth-order valence-electron chi connectivity index (χ4n) is 1.14. The minimum atomic E-state index is -1.10. The molecule has 0 fully saturated rings. The lowest BCUT2D eigenvalue weighted by Crippen LogP contribution is -2.27. The number of non-ortho nitro benzene ring substituents is 1. The van der Waals surface area contributed by atoms with Gasteiger partial charge in [-0.15, -0.1) is 0 Å². The number of benzene rings is 1. The van der Waals surface area contributed by atoms with Crippen molar-refractivity contribution in [3.05, 3.63) is 58.2 Å². The summed E-state index contributed by atoms with van der Waals surface area (Å²) in [5.41, 5.74) is 6.05. The molecule has 1 aromatic rings. The van der Waals surface area contributed by atoms with Crippen LogP contribution in [0.15, 0.2) is 42.5 Å². The molecule has 0 aliphatic rings. The first-order chi connectivity index (χ1) is 8.50. The first kappa shape index (κ1) is 13.6. The van der Waals surface area contributed by atoms with Crippen LogP contribution in [0.2, 0.25) is 0 Å². The molecule has 0 spiro atoms. The number of rotatable bonds is 5. The van der Waals surface area contributed by atoms with E-state index in [0.29, 0.717) is 0 Å². The summed E-state index contributed by atoms with van der Waals surface area (Å²) in [6.45, 7) is 0. The van der Waals surface area contributed by atoms with Crippen LogP contribution < -0.4 is 5.73 Å². The molecule has 6 heteroatoms. The summed E-state index contributed by atoms with van der Waals surface area (Å²) in [4.78, 5) is 20.3. The number of hydrogen-bond donors (Lipinski definition) is 2. The number of nitro groups is 1. The molecule has 1 rings (SSSR count). The van der Waals surface area contributed by atoms with Crippen molar-refractivity contribution in [3.8, 4) is 0 Å². The van der Waals surface area contributed by atoms with Crippen molar-refractivity contribution in [2.45, 2.75) is 6.04 Å². The SMILES string of the molecule is N[C@H](/C=C/C=C/c1ccc([N+](=O)[O-])cc1)C(=O)O. The molecular formula is C12H12N2O4. The zero-order chi connectivity index (χ0) is 13.5. The van der Waals surface area contributed by atoms with Crippen LogP contribution in [-0.4, -0.2) is 22.0 Å². The number of nitrogens with two attached hydrogens (primary N) is 1. The van der Waals surface area contributed by atoms with Crippen LogP contribution in [-0.2, 0) is 4.79 Å². The quantitative estimate of drug-likeness (QED) is 0.467. The Morgan fingerprint density at radius 1 is 1.33 bits per heavy atom. The fraction of sp³-hybridized carbons (Fsp3) is 0.0833. The summed E-state index contributed by atoms with van der Waals surface area (Å²) >= 11 is 0. The van der Waals surface area contributed by atoms with E-state index >= 15 is 0 Å². The van der Waals surface area contributed by atoms with E-state index in [0.717, 1.165) is 5.56 Å². The number of nitrogens with zero attached hydrogens (tertiary/aromatic N) is 1. The van der Waals surface area contributed by atoms with E-state index in [1.54, 1.807) is 24.3 Å². The van der Waals surface area contributed by atoms with Gasteiger partial charge in [0.05, 0.1) is 4.92 Å². The average molecular weight is 248 g/mol. The molecule has 94 valence electrons. The predicted molar refractivity (Wildman–Crippen MR) is 66.9 cm³/mol. The zero-order valence-electron chi connectivity index (χ0n) is 9.39. The van der Waals surface area contributed by atoms with Gasteiger partial charge in [0.1, 0.15) is 6.04 Å². The lowest BCUT2D eigenvalue weighted by molar-refractivity contribution is -0.384. The second kappa shape index (κ2) is 6.31. The van der Waals surface area contributed by atoms with Crippen molar-refractivity contribution >= 4 is 17.7 Å². The lowest BCUT2D eigenvalue weighted by Gasteiger charge is -1.95. The summed E-state index contributed by atoms with van der Waals surface area (Å²) in [5, 5.41) is 18.9. The van der Waals surface area contributed by atoms with Gasteiger partial charge in [0.2, 0.25) is 0 Å². The highest BCUT2D eigenvalue weighted by Gasteiger charge is 2.04. The molecule has 18 heavy (non-hydrogen) atoms. The maximum Gasteiger partial charge on any atom is 0.324 e. The number of carboxylic acid groups (broad SMARTS) is 1. The molecular weight excluding hydrogens is 236 g/mol. The van der Waals surface area contributed by atoms with Gasteiger partial charge >= 0.3 is 5.97 Å². The molecule has 3 N–H and O–H groups in total. The Morgan fingerprint density at radius 2 is 1.94 bits per heavy atom. The third-order valence-electron chi connectivity index (χ3n) is 2.11. The Bertz CT molecular complexity index is 491. The highest BCUT2D eigenvalue weighted by Crippen LogP contribution is 2.12. The van der Waals surface area contributed by atoms with E-state index in [4.69, 9.17) is 10.8 Å².